The van der Waals surface area contributed by atoms with Gasteiger partial charge in [-0.05, 0) is 28.8 Å². The second kappa shape index (κ2) is 11.1. The van der Waals surface area contributed by atoms with Gasteiger partial charge in [-0.15, -0.1) is 0 Å². The van der Waals surface area contributed by atoms with Crippen LogP contribution in [0.3, 0.4) is 0 Å². The van der Waals surface area contributed by atoms with E-state index in [2.05, 4.69) is 36.4 Å². The Kier molecular flexibility index (Phi) is 7.01. The summed E-state index contributed by atoms with van der Waals surface area (Å²) in [6.07, 6.45) is 0. The fraction of sp³-hybridized carbons (Fsp3) is 0.0526. The first kappa shape index (κ1) is 25.4. The fourth-order valence-corrected chi connectivity index (χ4v) is 5.48. The van der Waals surface area contributed by atoms with E-state index in [1.54, 1.807) is 0 Å². The summed E-state index contributed by atoms with van der Waals surface area (Å²) < 4.78 is 7.04. The number of hydrogen-bond donors (Lipinski definition) is 0. The van der Waals surface area contributed by atoms with Crippen LogP contribution in [-0.2, 0) is 16.3 Å². The van der Waals surface area contributed by atoms with Crippen molar-refractivity contribution < 1.29 is 9.84 Å². The molecule has 0 spiro atoms. The Morgan fingerprint density at radius 3 is 0.925 bits per heavy atom. The highest BCUT2D eigenvalue weighted by Gasteiger charge is 2.40. The summed E-state index contributed by atoms with van der Waals surface area (Å²) in [5.41, 5.74) is 2.65. The first-order valence-electron chi connectivity index (χ1n) is 13.5. The number of ether oxygens (including phenoxy) is 1. The third-order valence-electron chi connectivity index (χ3n) is 7.43. The highest BCUT2D eigenvalue weighted by Crippen LogP contribution is 2.42. The highest BCUT2D eigenvalue weighted by atomic mass is 16.5. The first-order valence-corrected chi connectivity index (χ1v) is 13.5. The smallest absolute Gasteiger partial charge is 0.184 e. The van der Waals surface area contributed by atoms with Gasteiger partial charge in [-0.25, -0.2) is 5.11 Å². The predicted octanol–water partition coefficient (Wildman–Crippen LogP) is 8.78. The van der Waals surface area contributed by atoms with Gasteiger partial charge in [0.25, 0.3) is 0 Å². The molecule has 0 N–H and O–H groups in total. The van der Waals surface area contributed by atoms with Gasteiger partial charge < -0.3 is 4.74 Å². The third kappa shape index (κ3) is 4.59. The minimum Gasteiger partial charge on any atom is -0.473 e. The number of rotatable bonds is 8. The molecular formula is C38H29O2. The lowest BCUT2D eigenvalue weighted by molar-refractivity contribution is 0.0410. The summed E-state index contributed by atoms with van der Waals surface area (Å²) in [5, 5.41) is 14.7. The van der Waals surface area contributed by atoms with Crippen molar-refractivity contribution >= 4 is 0 Å². The topological polar surface area (TPSA) is 29.1 Å². The molecule has 0 atom stereocenters. The largest absolute Gasteiger partial charge is 0.473 e. The van der Waals surface area contributed by atoms with Crippen LogP contribution < -0.4 is 4.74 Å². The molecule has 0 amide bonds. The Labute approximate surface area is 235 Å². The van der Waals surface area contributed by atoms with Gasteiger partial charge in [-0.1, -0.05) is 164 Å². The molecule has 0 saturated heterocycles. The zero-order valence-corrected chi connectivity index (χ0v) is 22.1. The van der Waals surface area contributed by atoms with Crippen molar-refractivity contribution in [2.45, 2.75) is 11.2 Å². The SMILES string of the molecule is [O]C(c1ccccc1)(c1ccccc1)c1ccc(OC(c2ccccc2)(c2ccccc2)c2ccccc2)cc1. The van der Waals surface area contributed by atoms with Gasteiger partial charge in [-0.3, -0.25) is 0 Å². The van der Waals surface area contributed by atoms with Crippen molar-refractivity contribution in [3.05, 3.63) is 209 Å². The number of hydrogen-bond acceptors (Lipinski definition) is 1. The van der Waals surface area contributed by atoms with E-state index in [0.717, 1.165) is 16.7 Å². The van der Waals surface area contributed by atoms with Crippen molar-refractivity contribution in [2.75, 3.05) is 0 Å². The van der Waals surface area contributed by atoms with Crippen molar-refractivity contribution in [3.63, 3.8) is 0 Å². The second-order valence-corrected chi connectivity index (χ2v) is 9.82. The summed E-state index contributed by atoms with van der Waals surface area (Å²) in [6.45, 7) is 0. The van der Waals surface area contributed by atoms with Crippen molar-refractivity contribution in [1.29, 1.82) is 0 Å². The molecule has 0 aromatic heterocycles. The molecule has 6 rings (SSSR count). The third-order valence-corrected chi connectivity index (χ3v) is 7.43. The summed E-state index contributed by atoms with van der Waals surface area (Å²) >= 11 is 0. The van der Waals surface area contributed by atoms with Crippen LogP contribution in [0.15, 0.2) is 176 Å². The van der Waals surface area contributed by atoms with Crippen LogP contribution in [0, 0.1) is 0 Å². The molecule has 0 fully saturated rings. The monoisotopic (exact) mass is 517 g/mol. The maximum Gasteiger partial charge on any atom is 0.184 e. The molecule has 40 heavy (non-hydrogen) atoms. The maximum absolute atomic E-state index is 14.7. The van der Waals surface area contributed by atoms with Gasteiger partial charge in [-0.2, -0.15) is 0 Å². The Balaban J connectivity index is 1.48. The second-order valence-electron chi connectivity index (χ2n) is 9.82. The van der Waals surface area contributed by atoms with E-state index < -0.39 is 11.2 Å². The lowest BCUT2D eigenvalue weighted by atomic mass is 9.79. The molecule has 2 nitrogen and oxygen atoms in total. The zero-order valence-electron chi connectivity index (χ0n) is 22.1. The minimum absolute atomic E-state index is 0.655. The van der Waals surface area contributed by atoms with Gasteiger partial charge in [0.15, 0.2) is 11.2 Å². The van der Waals surface area contributed by atoms with Crippen LogP contribution in [0.1, 0.15) is 33.4 Å². The van der Waals surface area contributed by atoms with E-state index in [1.807, 2.05) is 140 Å². The van der Waals surface area contributed by atoms with Gasteiger partial charge in [0.05, 0.1) is 0 Å². The van der Waals surface area contributed by atoms with Gasteiger partial charge in [0, 0.05) is 16.7 Å². The van der Waals surface area contributed by atoms with Crippen molar-refractivity contribution in [1.82, 2.24) is 0 Å². The molecule has 0 aliphatic heterocycles. The van der Waals surface area contributed by atoms with Crippen LogP contribution in [0.2, 0.25) is 0 Å². The lowest BCUT2D eigenvalue weighted by Crippen LogP contribution is -2.36. The molecule has 193 valence electrons. The molecular weight excluding hydrogens is 488 g/mol. The van der Waals surface area contributed by atoms with Crippen LogP contribution in [0.5, 0.6) is 5.75 Å². The summed E-state index contributed by atoms with van der Waals surface area (Å²) in [7, 11) is 0. The predicted molar refractivity (Wildman–Crippen MR) is 160 cm³/mol. The lowest BCUT2D eigenvalue weighted by Gasteiger charge is -2.36. The highest BCUT2D eigenvalue weighted by molar-refractivity contribution is 5.51. The summed E-state index contributed by atoms with van der Waals surface area (Å²) in [4.78, 5) is 0. The van der Waals surface area contributed by atoms with E-state index >= 15 is 0 Å². The fourth-order valence-electron chi connectivity index (χ4n) is 5.48. The molecule has 2 heteroatoms. The standard InChI is InChI=1S/C38H29O2/c39-37(30-16-6-1-7-17-30,31-18-8-2-9-19-31)32-26-28-36(29-27-32)40-38(33-20-10-3-11-21-33,34-22-12-4-13-23-34)35-24-14-5-15-25-35/h1-29H. The molecule has 0 saturated carbocycles. The molecule has 0 heterocycles. The molecule has 6 aromatic carbocycles. The van der Waals surface area contributed by atoms with Crippen molar-refractivity contribution in [3.8, 4) is 5.75 Å². The quantitative estimate of drug-likeness (QED) is 0.186. The van der Waals surface area contributed by atoms with Crippen molar-refractivity contribution in [2.24, 2.45) is 0 Å². The Hall–Kier alpha value is -4.92. The molecule has 0 bridgehead atoms. The van der Waals surface area contributed by atoms with Crippen LogP contribution in [0.4, 0.5) is 0 Å². The Bertz CT molecular complexity index is 1500. The van der Waals surface area contributed by atoms with Crippen LogP contribution in [-0.4, -0.2) is 0 Å². The van der Waals surface area contributed by atoms with Crippen LogP contribution in [0.25, 0.3) is 0 Å². The summed E-state index contributed by atoms with van der Waals surface area (Å²) in [6, 6.07) is 57.6. The molecule has 0 unspecified atom stereocenters. The van der Waals surface area contributed by atoms with E-state index in [0.29, 0.717) is 22.4 Å². The van der Waals surface area contributed by atoms with Gasteiger partial charge in [0.2, 0.25) is 0 Å². The van der Waals surface area contributed by atoms with Crippen LogP contribution >= 0.6 is 0 Å². The average molecular weight is 518 g/mol. The Morgan fingerprint density at radius 2 is 0.600 bits per heavy atom. The van der Waals surface area contributed by atoms with E-state index in [4.69, 9.17) is 4.74 Å². The average Bonchev–Trinajstić information content (AvgIpc) is 3.05. The Morgan fingerprint density at radius 1 is 0.325 bits per heavy atom. The molecule has 0 aliphatic carbocycles. The number of benzene rings is 6. The molecule has 1 radical (unpaired) electrons. The molecule has 0 aliphatic rings. The van der Waals surface area contributed by atoms with Gasteiger partial charge >= 0.3 is 0 Å². The van der Waals surface area contributed by atoms with E-state index in [9.17, 15) is 5.11 Å². The molecule has 6 aromatic rings. The van der Waals surface area contributed by atoms with E-state index in [-0.39, 0.29) is 0 Å². The minimum atomic E-state index is -1.56. The summed E-state index contributed by atoms with van der Waals surface area (Å²) in [5.74, 6) is 0.670. The van der Waals surface area contributed by atoms with Gasteiger partial charge in [0.1, 0.15) is 5.75 Å². The van der Waals surface area contributed by atoms with E-state index in [1.165, 1.54) is 0 Å². The zero-order chi connectivity index (χ0) is 27.3. The normalized spacial score (nSPS) is 11.6. The first-order chi connectivity index (χ1) is 19.7. The maximum atomic E-state index is 14.7.